The van der Waals surface area contributed by atoms with Crippen molar-refractivity contribution in [2.45, 2.75) is 12.5 Å². The summed E-state index contributed by atoms with van der Waals surface area (Å²) in [7, 11) is 0. The summed E-state index contributed by atoms with van der Waals surface area (Å²) in [6.07, 6.45) is 0.0280. The molecule has 122 valence electrons. The predicted molar refractivity (Wildman–Crippen MR) is 86.5 cm³/mol. The van der Waals surface area contributed by atoms with Crippen LogP contribution in [0.2, 0.25) is 5.02 Å². The maximum Gasteiger partial charge on any atom is 0.249 e. The molecule has 1 atom stereocenters. The van der Waals surface area contributed by atoms with Gasteiger partial charge in [0, 0.05) is 23.8 Å². The van der Waals surface area contributed by atoms with E-state index >= 15 is 0 Å². The van der Waals surface area contributed by atoms with Crippen molar-refractivity contribution in [1.82, 2.24) is 10.2 Å². The second-order valence-corrected chi connectivity index (χ2v) is 5.76. The van der Waals surface area contributed by atoms with Crippen LogP contribution in [-0.2, 0) is 14.3 Å². The second kappa shape index (κ2) is 6.97. The lowest BCUT2D eigenvalue weighted by Gasteiger charge is -2.32. The van der Waals surface area contributed by atoms with E-state index in [0.717, 1.165) is 0 Å². The molecule has 0 aliphatic carbocycles. The molecule has 2 N–H and O–H groups in total. The van der Waals surface area contributed by atoms with Gasteiger partial charge in [0.1, 0.15) is 6.04 Å². The number of amides is 2. The number of aliphatic imine (C=N–C) groups is 1. The van der Waals surface area contributed by atoms with Gasteiger partial charge >= 0.3 is 0 Å². The Balaban J connectivity index is 1.72. The van der Waals surface area contributed by atoms with Gasteiger partial charge in [-0.25, -0.2) is 4.99 Å². The number of guanidine groups is 1. The van der Waals surface area contributed by atoms with E-state index in [1.54, 1.807) is 24.3 Å². The van der Waals surface area contributed by atoms with Crippen molar-refractivity contribution in [1.29, 1.82) is 0 Å². The van der Waals surface area contributed by atoms with Crippen molar-refractivity contribution >= 4 is 35.1 Å². The Morgan fingerprint density at radius 3 is 2.91 bits per heavy atom. The Hall–Kier alpha value is -2.12. The number of carbonyl (C=O) groups excluding carboxylic acids is 2. The lowest BCUT2D eigenvalue weighted by atomic mass is 10.1. The minimum absolute atomic E-state index is 0.0280. The molecule has 1 saturated heterocycles. The maximum absolute atomic E-state index is 12.4. The van der Waals surface area contributed by atoms with Gasteiger partial charge in [0.2, 0.25) is 17.8 Å². The lowest BCUT2D eigenvalue weighted by Crippen LogP contribution is -2.53. The third-order valence-corrected chi connectivity index (χ3v) is 3.85. The molecule has 0 unspecified atom stereocenters. The van der Waals surface area contributed by atoms with Crippen LogP contribution in [0.25, 0.3) is 0 Å². The molecule has 2 aliphatic heterocycles. The normalized spacial score (nSPS) is 21.4. The average molecular weight is 337 g/mol. The number of nitrogens with zero attached hydrogens (tertiary/aromatic N) is 2. The molecule has 1 fully saturated rings. The van der Waals surface area contributed by atoms with Gasteiger partial charge in [-0.1, -0.05) is 17.7 Å². The van der Waals surface area contributed by atoms with E-state index in [1.807, 2.05) is 4.90 Å². The number of anilines is 1. The molecular weight excluding hydrogens is 320 g/mol. The molecule has 2 aliphatic rings. The van der Waals surface area contributed by atoms with Gasteiger partial charge in [0.25, 0.3) is 0 Å². The average Bonchev–Trinajstić information content (AvgIpc) is 2.55. The number of nitrogens with one attached hydrogen (secondary N) is 2. The van der Waals surface area contributed by atoms with Crippen molar-refractivity contribution in [3.05, 3.63) is 29.3 Å². The van der Waals surface area contributed by atoms with Crippen molar-refractivity contribution in [3.8, 4) is 0 Å². The highest BCUT2D eigenvalue weighted by Crippen LogP contribution is 2.16. The van der Waals surface area contributed by atoms with Gasteiger partial charge < -0.3 is 15.0 Å². The molecule has 8 heteroatoms. The molecule has 7 nitrogen and oxygen atoms in total. The van der Waals surface area contributed by atoms with Crippen LogP contribution in [0.4, 0.5) is 5.69 Å². The van der Waals surface area contributed by atoms with Gasteiger partial charge in [-0.2, -0.15) is 0 Å². The van der Waals surface area contributed by atoms with Crippen LogP contribution in [0.1, 0.15) is 6.42 Å². The number of morpholine rings is 1. The summed E-state index contributed by atoms with van der Waals surface area (Å²) in [4.78, 5) is 30.6. The first kappa shape index (κ1) is 15.8. The number of hydrogen-bond acceptors (Lipinski definition) is 5. The number of rotatable bonds is 2. The highest BCUT2D eigenvalue weighted by Gasteiger charge is 2.29. The first-order valence-corrected chi connectivity index (χ1v) is 7.76. The van der Waals surface area contributed by atoms with E-state index in [-0.39, 0.29) is 18.2 Å². The lowest BCUT2D eigenvalue weighted by molar-refractivity contribution is -0.125. The van der Waals surface area contributed by atoms with Gasteiger partial charge in [-0.3, -0.25) is 14.9 Å². The molecule has 0 radical (unpaired) electrons. The summed E-state index contributed by atoms with van der Waals surface area (Å²) < 4.78 is 5.28. The third kappa shape index (κ3) is 4.00. The SMILES string of the molecule is O=C1C[C@@H](C(=O)Nc2cccc(Cl)c2)N=C(N2CCOCC2)N1. The number of ether oxygens (including phenoxy) is 1. The first-order valence-electron chi connectivity index (χ1n) is 7.38. The van der Waals surface area contributed by atoms with Crippen molar-refractivity contribution < 1.29 is 14.3 Å². The Morgan fingerprint density at radius 1 is 1.39 bits per heavy atom. The zero-order valence-corrected chi connectivity index (χ0v) is 13.2. The van der Waals surface area contributed by atoms with Gasteiger partial charge in [0.05, 0.1) is 19.6 Å². The van der Waals surface area contributed by atoms with Crippen molar-refractivity contribution in [2.75, 3.05) is 31.6 Å². The van der Waals surface area contributed by atoms with E-state index in [1.165, 1.54) is 0 Å². The Morgan fingerprint density at radius 2 is 2.17 bits per heavy atom. The highest BCUT2D eigenvalue weighted by atomic mass is 35.5. The molecule has 1 aromatic rings. The van der Waals surface area contributed by atoms with Crippen LogP contribution >= 0.6 is 11.6 Å². The van der Waals surface area contributed by atoms with Gasteiger partial charge in [0.15, 0.2) is 0 Å². The van der Waals surface area contributed by atoms with E-state index in [0.29, 0.717) is 43.0 Å². The zero-order valence-electron chi connectivity index (χ0n) is 12.4. The topological polar surface area (TPSA) is 83.0 Å². The Bertz CT molecular complexity index is 643. The molecule has 2 amide bonds. The summed E-state index contributed by atoms with van der Waals surface area (Å²) in [5.74, 6) is -0.101. The second-order valence-electron chi connectivity index (χ2n) is 5.32. The van der Waals surface area contributed by atoms with Crippen LogP contribution in [0.15, 0.2) is 29.3 Å². The summed E-state index contributed by atoms with van der Waals surface area (Å²) in [6.45, 7) is 2.44. The van der Waals surface area contributed by atoms with Crippen LogP contribution in [0.3, 0.4) is 0 Å². The number of halogens is 1. The van der Waals surface area contributed by atoms with Gasteiger partial charge in [-0.05, 0) is 18.2 Å². The highest BCUT2D eigenvalue weighted by molar-refractivity contribution is 6.30. The van der Waals surface area contributed by atoms with E-state index in [9.17, 15) is 9.59 Å². The van der Waals surface area contributed by atoms with Crippen molar-refractivity contribution in [2.24, 2.45) is 4.99 Å². The molecule has 3 rings (SSSR count). The molecule has 2 heterocycles. The first-order chi connectivity index (χ1) is 11.1. The summed E-state index contributed by atoms with van der Waals surface area (Å²) in [5, 5.41) is 6.00. The maximum atomic E-state index is 12.4. The van der Waals surface area contributed by atoms with Crippen LogP contribution in [0, 0.1) is 0 Å². The van der Waals surface area contributed by atoms with Crippen molar-refractivity contribution in [3.63, 3.8) is 0 Å². The molecule has 0 saturated carbocycles. The smallest absolute Gasteiger partial charge is 0.249 e. The summed E-state index contributed by atoms with van der Waals surface area (Å²) in [5.41, 5.74) is 0.580. The van der Waals surface area contributed by atoms with Crippen LogP contribution in [-0.4, -0.2) is 55.0 Å². The number of hydrogen-bond donors (Lipinski definition) is 2. The molecule has 0 aromatic heterocycles. The molecule has 0 spiro atoms. The van der Waals surface area contributed by atoms with E-state index in [4.69, 9.17) is 16.3 Å². The van der Waals surface area contributed by atoms with Crippen LogP contribution < -0.4 is 10.6 Å². The fourth-order valence-corrected chi connectivity index (χ4v) is 2.65. The van der Waals surface area contributed by atoms with Gasteiger partial charge in [-0.15, -0.1) is 0 Å². The zero-order chi connectivity index (χ0) is 16.2. The summed E-state index contributed by atoms with van der Waals surface area (Å²) >= 11 is 5.90. The minimum Gasteiger partial charge on any atom is -0.378 e. The van der Waals surface area contributed by atoms with E-state index < -0.39 is 6.04 Å². The summed E-state index contributed by atoms with van der Waals surface area (Å²) in [6, 6.07) is 6.10. The molecular formula is C15H17ClN4O3. The standard InChI is InChI=1S/C15H17ClN4O3/c16-10-2-1-3-11(8-10)17-14(22)12-9-13(21)19-15(18-12)20-4-6-23-7-5-20/h1-3,8,12H,4-7,9H2,(H,17,22)(H,18,19,21)/t12-/m0/s1. The fourth-order valence-electron chi connectivity index (χ4n) is 2.46. The Kier molecular flexibility index (Phi) is 4.78. The largest absolute Gasteiger partial charge is 0.378 e. The monoisotopic (exact) mass is 336 g/mol. The number of benzene rings is 1. The predicted octanol–water partition coefficient (Wildman–Crippen LogP) is 0.855. The molecule has 23 heavy (non-hydrogen) atoms. The molecule has 0 bridgehead atoms. The molecule has 1 aromatic carbocycles. The van der Waals surface area contributed by atoms with E-state index in [2.05, 4.69) is 15.6 Å². The number of carbonyl (C=O) groups is 2. The fraction of sp³-hybridized carbons (Fsp3) is 0.400. The Labute approximate surface area is 138 Å². The third-order valence-electron chi connectivity index (χ3n) is 3.61. The quantitative estimate of drug-likeness (QED) is 0.839. The minimum atomic E-state index is -0.749. The van der Waals surface area contributed by atoms with Crippen LogP contribution in [0.5, 0.6) is 0 Å².